The lowest BCUT2D eigenvalue weighted by molar-refractivity contribution is -0.117. The predicted octanol–water partition coefficient (Wildman–Crippen LogP) is 2.69. The van der Waals surface area contributed by atoms with Crippen LogP contribution in [0.25, 0.3) is 0 Å². The summed E-state index contributed by atoms with van der Waals surface area (Å²) in [5.41, 5.74) is 0. The maximum atomic E-state index is 11.7. The van der Waals surface area contributed by atoms with Crippen LogP contribution in [0.4, 0.5) is 17.6 Å². The minimum atomic E-state index is -4.30. The Kier molecular flexibility index (Phi) is 3.02. The second-order valence-corrected chi connectivity index (χ2v) is 2.37. The van der Waals surface area contributed by atoms with E-state index in [1.807, 2.05) is 0 Å². The van der Waals surface area contributed by atoms with Gasteiger partial charge in [-0.15, -0.1) is 0 Å². The fourth-order valence-corrected chi connectivity index (χ4v) is 0.286. The van der Waals surface area contributed by atoms with E-state index in [-0.39, 0.29) is 0 Å². The molecule has 0 fully saturated rings. The second kappa shape index (κ2) is 2.92. The molecule has 0 aliphatic carbocycles. The van der Waals surface area contributed by atoms with Crippen molar-refractivity contribution >= 4 is 23.2 Å². The molecule has 56 valence electrons. The highest BCUT2D eigenvalue weighted by Gasteiger charge is 2.47. The summed E-state index contributed by atoms with van der Waals surface area (Å²) in [6.45, 7) is 0. The summed E-state index contributed by atoms with van der Waals surface area (Å²) in [5.74, 6) is -4.30. The topological polar surface area (TPSA) is 0 Å². The lowest BCUT2D eigenvalue weighted by Gasteiger charge is -2.14. The van der Waals surface area contributed by atoms with Crippen molar-refractivity contribution in [2.45, 2.75) is 17.2 Å². The Morgan fingerprint density at radius 3 is 1.44 bits per heavy atom. The molecule has 0 nitrogen and oxygen atoms in total. The van der Waals surface area contributed by atoms with Crippen LogP contribution in [-0.4, -0.2) is 17.2 Å². The summed E-state index contributed by atoms with van der Waals surface area (Å²) < 4.78 is 45.6. The van der Waals surface area contributed by atoms with Crippen LogP contribution >= 0.6 is 23.2 Å². The molecular weight excluding hydrogens is 183 g/mol. The van der Waals surface area contributed by atoms with Gasteiger partial charge in [-0.3, -0.25) is 0 Å². The van der Waals surface area contributed by atoms with Gasteiger partial charge in [0.2, 0.25) is 0 Å². The first-order chi connectivity index (χ1) is 3.89. The Labute approximate surface area is 58.7 Å². The van der Waals surface area contributed by atoms with Gasteiger partial charge in [0, 0.05) is 0 Å². The average Bonchev–Trinajstić information content (AvgIpc) is 1.65. The molecule has 0 aromatic rings. The van der Waals surface area contributed by atoms with Gasteiger partial charge in [-0.2, -0.15) is 8.78 Å². The molecule has 0 aliphatic rings. The summed E-state index contributed by atoms with van der Waals surface area (Å²) >= 11 is 9.00. The van der Waals surface area contributed by atoms with E-state index < -0.39 is 17.2 Å². The fourth-order valence-electron chi connectivity index (χ4n) is 0.0952. The lowest BCUT2D eigenvalue weighted by Crippen LogP contribution is -2.33. The van der Waals surface area contributed by atoms with Crippen molar-refractivity contribution < 1.29 is 17.6 Å². The van der Waals surface area contributed by atoms with Crippen molar-refractivity contribution in [3.05, 3.63) is 0 Å². The Hall–Kier alpha value is 0.300. The summed E-state index contributed by atoms with van der Waals surface area (Å²) in [4.78, 5) is -2.35. The molecule has 0 saturated heterocycles. The molecule has 0 radical (unpaired) electrons. The number of alkyl halides is 6. The predicted molar refractivity (Wildman–Crippen MR) is 26.4 cm³/mol. The SMILES string of the molecule is FC(F)C(F)(F)C(Cl)Cl. The third kappa shape index (κ3) is 2.18. The van der Waals surface area contributed by atoms with Crippen LogP contribution in [0.2, 0.25) is 0 Å². The molecule has 0 saturated carbocycles. The van der Waals surface area contributed by atoms with Gasteiger partial charge >= 0.3 is 12.3 Å². The van der Waals surface area contributed by atoms with Crippen molar-refractivity contribution in [3.63, 3.8) is 0 Å². The van der Waals surface area contributed by atoms with Gasteiger partial charge in [0.15, 0.2) is 4.84 Å². The molecule has 0 atom stereocenters. The molecule has 0 aliphatic heterocycles. The Morgan fingerprint density at radius 2 is 1.44 bits per heavy atom. The highest BCUT2D eigenvalue weighted by Crippen LogP contribution is 2.32. The molecule has 0 spiro atoms. The van der Waals surface area contributed by atoms with Crippen LogP contribution in [0.1, 0.15) is 0 Å². The molecule has 9 heavy (non-hydrogen) atoms. The summed E-state index contributed by atoms with van der Waals surface area (Å²) in [5, 5.41) is 0. The average molecular weight is 185 g/mol. The van der Waals surface area contributed by atoms with Crippen LogP contribution in [0.5, 0.6) is 0 Å². The first-order valence-electron chi connectivity index (χ1n) is 1.83. The third-order valence-electron chi connectivity index (χ3n) is 0.582. The van der Waals surface area contributed by atoms with Gasteiger partial charge in [0.1, 0.15) is 0 Å². The first-order valence-corrected chi connectivity index (χ1v) is 2.70. The number of hydrogen-bond acceptors (Lipinski definition) is 0. The first kappa shape index (κ1) is 9.30. The molecule has 0 aromatic carbocycles. The fraction of sp³-hybridized carbons (Fsp3) is 1.00. The maximum absolute atomic E-state index is 11.7. The number of hydrogen-bond donors (Lipinski definition) is 0. The van der Waals surface area contributed by atoms with Crippen molar-refractivity contribution in [2.75, 3.05) is 0 Å². The van der Waals surface area contributed by atoms with Gasteiger partial charge in [0.25, 0.3) is 0 Å². The van der Waals surface area contributed by atoms with Crippen molar-refractivity contribution in [2.24, 2.45) is 0 Å². The summed E-state index contributed by atoms with van der Waals surface area (Å²) in [7, 11) is 0. The van der Waals surface area contributed by atoms with Crippen LogP contribution in [0, 0.1) is 0 Å². The van der Waals surface area contributed by atoms with E-state index in [0.29, 0.717) is 0 Å². The van der Waals surface area contributed by atoms with Gasteiger partial charge in [-0.1, -0.05) is 23.2 Å². The Balaban J connectivity index is 4.01. The molecule has 0 unspecified atom stereocenters. The Bertz CT molecular complexity index is 81.8. The normalized spacial score (nSPS) is 13.3. The van der Waals surface area contributed by atoms with Gasteiger partial charge in [-0.25, -0.2) is 8.78 Å². The van der Waals surface area contributed by atoms with E-state index in [4.69, 9.17) is 0 Å². The van der Waals surface area contributed by atoms with E-state index in [1.54, 1.807) is 0 Å². The number of rotatable bonds is 2. The zero-order valence-corrected chi connectivity index (χ0v) is 5.43. The molecule has 6 heteroatoms. The van der Waals surface area contributed by atoms with Crippen LogP contribution < -0.4 is 0 Å². The molecule has 0 bridgehead atoms. The highest BCUT2D eigenvalue weighted by molar-refractivity contribution is 6.45. The lowest BCUT2D eigenvalue weighted by atomic mass is 10.4. The quantitative estimate of drug-likeness (QED) is 0.458. The molecule has 0 rings (SSSR count). The van der Waals surface area contributed by atoms with Crippen molar-refractivity contribution in [3.8, 4) is 0 Å². The summed E-state index contributed by atoms with van der Waals surface area (Å²) in [6, 6.07) is 0. The van der Waals surface area contributed by atoms with Crippen LogP contribution in [-0.2, 0) is 0 Å². The minimum absolute atomic E-state index is 2.35. The molecule has 0 amide bonds. The minimum Gasteiger partial charge on any atom is -0.203 e. The molecule has 0 heterocycles. The van der Waals surface area contributed by atoms with Crippen molar-refractivity contribution in [1.29, 1.82) is 0 Å². The molecule has 0 N–H and O–H groups in total. The Morgan fingerprint density at radius 1 is 1.11 bits per heavy atom. The van der Waals surface area contributed by atoms with E-state index in [0.717, 1.165) is 0 Å². The largest absolute Gasteiger partial charge is 0.336 e. The second-order valence-electron chi connectivity index (χ2n) is 1.28. The third-order valence-corrected chi connectivity index (χ3v) is 1.16. The molecular formula is C3H2Cl2F4. The number of halogens is 6. The van der Waals surface area contributed by atoms with Crippen molar-refractivity contribution in [1.82, 2.24) is 0 Å². The van der Waals surface area contributed by atoms with E-state index in [1.165, 1.54) is 0 Å². The zero-order valence-electron chi connectivity index (χ0n) is 3.92. The van der Waals surface area contributed by atoms with E-state index >= 15 is 0 Å². The van der Waals surface area contributed by atoms with E-state index in [2.05, 4.69) is 23.2 Å². The van der Waals surface area contributed by atoms with Gasteiger partial charge in [-0.05, 0) is 0 Å². The van der Waals surface area contributed by atoms with Gasteiger partial charge in [0.05, 0.1) is 0 Å². The highest BCUT2D eigenvalue weighted by atomic mass is 35.5. The standard InChI is InChI=1S/C3H2Cl2F4/c4-1(5)3(8,9)2(6)7/h1-2H. The zero-order chi connectivity index (χ0) is 7.65. The smallest absolute Gasteiger partial charge is 0.203 e. The monoisotopic (exact) mass is 184 g/mol. The van der Waals surface area contributed by atoms with Crippen LogP contribution in [0.15, 0.2) is 0 Å². The van der Waals surface area contributed by atoms with Crippen LogP contribution in [0.3, 0.4) is 0 Å². The molecule has 0 aromatic heterocycles. The van der Waals surface area contributed by atoms with Gasteiger partial charge < -0.3 is 0 Å². The summed E-state index contributed by atoms with van der Waals surface area (Å²) in [6.07, 6.45) is -3.81. The van der Waals surface area contributed by atoms with E-state index in [9.17, 15) is 17.6 Å². The maximum Gasteiger partial charge on any atom is 0.336 e.